The van der Waals surface area contributed by atoms with E-state index in [-0.39, 0.29) is 17.1 Å². The zero-order valence-corrected chi connectivity index (χ0v) is 5.58. The van der Waals surface area contributed by atoms with Gasteiger partial charge in [-0.15, -0.1) is 0 Å². The first-order valence-electron chi connectivity index (χ1n) is 0.996. The van der Waals surface area contributed by atoms with Gasteiger partial charge in [0.25, 0.3) is 0 Å². The molecule has 0 spiro atoms. The van der Waals surface area contributed by atoms with Gasteiger partial charge >= 0.3 is 32.0 Å². The van der Waals surface area contributed by atoms with E-state index in [1.165, 1.54) is 5.55 Å². The summed E-state index contributed by atoms with van der Waals surface area (Å²) in [6.45, 7) is 2.13. The van der Waals surface area contributed by atoms with Crippen LogP contribution in [-0.2, 0) is 36.7 Å². The number of rotatable bonds is 0. The van der Waals surface area contributed by atoms with Crippen molar-refractivity contribution in [1.29, 1.82) is 0 Å². The Kier molecular flexibility index (Phi) is 19.9. The molecule has 0 rings (SSSR count). The van der Waals surface area contributed by atoms with Gasteiger partial charge in [-0.1, -0.05) is 0 Å². The maximum absolute atomic E-state index is 2.13. The molecule has 0 aromatic rings. The van der Waals surface area contributed by atoms with Gasteiger partial charge in [-0.3, -0.25) is 0 Å². The van der Waals surface area contributed by atoms with Gasteiger partial charge in [0.2, 0.25) is 0 Å². The van der Waals surface area contributed by atoms with Crippen LogP contribution in [-0.4, -0.2) is 5.55 Å². The average molecular weight is 179 g/mol. The first-order valence-corrected chi connectivity index (χ1v) is 2.41. The van der Waals surface area contributed by atoms with E-state index < -0.39 is 0 Å². The SMILES string of the molecule is C[BH][Mo].[Fe]. The van der Waals surface area contributed by atoms with E-state index in [0.717, 1.165) is 0 Å². The van der Waals surface area contributed by atoms with E-state index in [4.69, 9.17) is 0 Å². The van der Waals surface area contributed by atoms with Crippen LogP contribution in [0.3, 0.4) is 0 Å². The fourth-order valence-corrected chi connectivity index (χ4v) is 0. The van der Waals surface area contributed by atoms with Crippen LogP contribution in [0.5, 0.6) is 0 Å². The Balaban J connectivity index is 0. The molecule has 0 aliphatic heterocycles. The Morgan fingerprint density at radius 2 is 1.75 bits per heavy atom. The summed E-state index contributed by atoms with van der Waals surface area (Å²) in [6, 6.07) is 0. The molecule has 0 saturated carbocycles. The molecule has 0 aliphatic rings. The molecular formula is CH4BFeMo. The van der Waals surface area contributed by atoms with E-state index in [1.807, 2.05) is 0 Å². The fraction of sp³-hybridized carbons (Fsp3) is 1.00. The van der Waals surface area contributed by atoms with Crippen molar-refractivity contribution in [2.45, 2.75) is 6.82 Å². The fourth-order valence-electron chi connectivity index (χ4n) is 0. The molecule has 0 amide bonds. The van der Waals surface area contributed by atoms with Gasteiger partial charge in [0.1, 0.15) is 0 Å². The van der Waals surface area contributed by atoms with Crippen LogP contribution in [0.4, 0.5) is 0 Å². The largest absolute Gasteiger partial charge is 0 e. The molecule has 3 heteroatoms. The van der Waals surface area contributed by atoms with E-state index >= 15 is 0 Å². The van der Waals surface area contributed by atoms with Crippen molar-refractivity contribution < 1.29 is 36.7 Å². The molecule has 0 bridgehead atoms. The van der Waals surface area contributed by atoms with Crippen LogP contribution >= 0.6 is 0 Å². The predicted octanol–water partition coefficient (Wildman–Crippen LogP) is -0.0697. The maximum atomic E-state index is 2.13. The van der Waals surface area contributed by atoms with Crippen molar-refractivity contribution in [1.82, 2.24) is 0 Å². The number of hydrogen-bond acceptors (Lipinski definition) is 0. The first-order chi connectivity index (χ1) is 1.41. The summed E-state index contributed by atoms with van der Waals surface area (Å²) in [5, 5.41) is 0. The zero-order chi connectivity index (χ0) is 2.71. The topological polar surface area (TPSA) is 0 Å². The Morgan fingerprint density at radius 1 is 1.75 bits per heavy atom. The van der Waals surface area contributed by atoms with E-state index in [1.54, 1.807) is 0 Å². The summed E-state index contributed by atoms with van der Waals surface area (Å²) in [5.74, 6) is 0. The second-order valence-corrected chi connectivity index (χ2v) is 1.71. The van der Waals surface area contributed by atoms with Gasteiger partial charge in [-0.25, -0.2) is 0 Å². The van der Waals surface area contributed by atoms with Crippen molar-refractivity contribution in [3.05, 3.63) is 0 Å². The Labute approximate surface area is 49.1 Å². The molecule has 0 saturated heterocycles. The second-order valence-electron chi connectivity index (χ2n) is 0.289. The average Bonchev–Trinajstić information content (AvgIpc) is 0.918. The molecule has 0 heterocycles. The smallest absolute Gasteiger partial charge is 0 e. The van der Waals surface area contributed by atoms with Gasteiger partial charge in [-0.05, 0) is 0 Å². The molecule has 0 aromatic heterocycles. The Morgan fingerprint density at radius 3 is 1.75 bits per heavy atom. The van der Waals surface area contributed by atoms with E-state index in [2.05, 4.69) is 26.4 Å². The normalized spacial score (nSPS) is 3.25. The van der Waals surface area contributed by atoms with Crippen LogP contribution in [0, 0.1) is 0 Å². The summed E-state index contributed by atoms with van der Waals surface area (Å²) in [5.41, 5.74) is 1.26. The van der Waals surface area contributed by atoms with Crippen molar-refractivity contribution in [2.24, 2.45) is 0 Å². The summed E-state index contributed by atoms with van der Waals surface area (Å²) in [6.07, 6.45) is 0. The Bertz CT molecular complexity index is 8.00. The summed E-state index contributed by atoms with van der Waals surface area (Å²) < 4.78 is 0. The molecule has 0 aromatic carbocycles. The molecule has 25 valence electrons. The molecular weight excluding hydrogens is 175 g/mol. The third-order valence-corrected chi connectivity index (χ3v) is 0. The third kappa shape index (κ3) is 10.4. The molecule has 0 N–H and O–H groups in total. The molecule has 0 aliphatic carbocycles. The van der Waals surface area contributed by atoms with Gasteiger partial charge in [0.15, 0.2) is 0 Å². The predicted molar refractivity (Wildman–Crippen MR) is 13.0 cm³/mol. The van der Waals surface area contributed by atoms with Crippen molar-refractivity contribution in [3.8, 4) is 0 Å². The maximum Gasteiger partial charge on any atom is 0 e. The van der Waals surface area contributed by atoms with Crippen molar-refractivity contribution in [2.75, 3.05) is 0 Å². The van der Waals surface area contributed by atoms with Crippen LogP contribution in [0.1, 0.15) is 0 Å². The molecule has 0 nitrogen and oxygen atoms in total. The van der Waals surface area contributed by atoms with Gasteiger partial charge in [0.05, 0.1) is 0 Å². The monoisotopic (exact) mass is 181 g/mol. The Hall–Kier alpha value is 1.27. The summed E-state index contributed by atoms with van der Waals surface area (Å²) in [4.78, 5) is 0. The van der Waals surface area contributed by atoms with Gasteiger partial charge in [0, 0.05) is 17.1 Å². The van der Waals surface area contributed by atoms with E-state index in [9.17, 15) is 0 Å². The summed E-state index contributed by atoms with van der Waals surface area (Å²) >= 11 is 2.07. The number of hydrogen-bond donors (Lipinski definition) is 0. The molecule has 0 atom stereocenters. The standard InChI is InChI=1S/CH4B.Fe.Mo/c1-2;;/h2H,1H3;;/q+1;;-1. The molecule has 0 radical (unpaired) electrons. The van der Waals surface area contributed by atoms with Crippen LogP contribution in [0.2, 0.25) is 6.82 Å². The molecule has 0 fully saturated rings. The van der Waals surface area contributed by atoms with Crippen molar-refractivity contribution in [3.63, 3.8) is 0 Å². The summed E-state index contributed by atoms with van der Waals surface area (Å²) in [7, 11) is 0. The molecule has 4 heavy (non-hydrogen) atoms. The van der Waals surface area contributed by atoms with Crippen LogP contribution in [0.25, 0.3) is 0 Å². The minimum Gasteiger partial charge on any atom is 0 e. The van der Waals surface area contributed by atoms with Crippen LogP contribution in [0.15, 0.2) is 0 Å². The zero-order valence-electron chi connectivity index (χ0n) is 2.47. The third-order valence-electron chi connectivity index (χ3n) is 0. The molecule has 0 unspecified atom stereocenters. The van der Waals surface area contributed by atoms with Gasteiger partial charge in [-0.2, -0.15) is 0 Å². The van der Waals surface area contributed by atoms with Gasteiger partial charge < -0.3 is 0 Å². The first kappa shape index (κ1) is 8.99. The quantitative estimate of drug-likeness (QED) is 0.456. The second kappa shape index (κ2) is 8.86. The minimum absolute atomic E-state index is 0. The minimum atomic E-state index is 0. The van der Waals surface area contributed by atoms with E-state index in [0.29, 0.717) is 0 Å². The van der Waals surface area contributed by atoms with Crippen molar-refractivity contribution >= 4 is 5.55 Å². The van der Waals surface area contributed by atoms with Crippen LogP contribution < -0.4 is 0 Å².